The van der Waals surface area contributed by atoms with E-state index < -0.39 is 6.09 Å². The third-order valence-corrected chi connectivity index (χ3v) is 5.50. The van der Waals surface area contributed by atoms with E-state index in [9.17, 15) is 9.90 Å². The van der Waals surface area contributed by atoms with Crippen LogP contribution in [0.2, 0.25) is 0 Å². The van der Waals surface area contributed by atoms with E-state index in [0.29, 0.717) is 36.9 Å². The lowest BCUT2D eigenvalue weighted by Gasteiger charge is -2.27. The lowest BCUT2D eigenvalue weighted by Crippen LogP contribution is -2.36. The lowest BCUT2D eigenvalue weighted by atomic mass is 10.1. The molecule has 0 atom stereocenters. The molecule has 0 spiro atoms. The molecule has 1 aliphatic rings. The number of benzene rings is 2. The van der Waals surface area contributed by atoms with E-state index >= 15 is 0 Å². The highest BCUT2D eigenvalue weighted by molar-refractivity contribution is 5.67. The zero-order valence-electron chi connectivity index (χ0n) is 17.7. The van der Waals surface area contributed by atoms with Gasteiger partial charge in [-0.2, -0.15) is 4.98 Å². The summed E-state index contributed by atoms with van der Waals surface area (Å²) in [6.45, 7) is 1.26. The van der Waals surface area contributed by atoms with Crippen molar-refractivity contribution in [3.8, 4) is 11.3 Å². The minimum atomic E-state index is -0.949. The van der Waals surface area contributed by atoms with Crippen LogP contribution < -0.4 is 10.6 Å². The van der Waals surface area contributed by atoms with E-state index in [2.05, 4.69) is 20.6 Å². The topological polar surface area (TPSA) is 116 Å². The first-order chi connectivity index (χ1) is 16.2. The summed E-state index contributed by atoms with van der Waals surface area (Å²) < 4.78 is 5.33. The predicted molar refractivity (Wildman–Crippen MR) is 123 cm³/mol. The number of anilines is 3. The van der Waals surface area contributed by atoms with Gasteiger partial charge >= 0.3 is 6.09 Å². The molecule has 2 aromatic heterocycles. The highest BCUT2D eigenvalue weighted by Crippen LogP contribution is 2.28. The second kappa shape index (κ2) is 8.99. The van der Waals surface area contributed by atoms with Crippen LogP contribution in [0.4, 0.5) is 22.2 Å². The molecule has 0 unspecified atom stereocenters. The van der Waals surface area contributed by atoms with Crippen molar-refractivity contribution in [2.24, 2.45) is 0 Å². The average molecular weight is 442 g/mol. The molecule has 0 radical (unpaired) electrons. The highest BCUT2D eigenvalue weighted by Gasteiger charge is 2.25. The normalized spacial score (nSPS) is 12.8. The molecular weight excluding hydrogens is 420 g/mol. The van der Waals surface area contributed by atoms with Gasteiger partial charge in [-0.1, -0.05) is 30.3 Å². The molecule has 0 saturated heterocycles. The molecule has 0 saturated carbocycles. The van der Waals surface area contributed by atoms with Gasteiger partial charge in [0, 0.05) is 29.9 Å². The summed E-state index contributed by atoms with van der Waals surface area (Å²) in [5.74, 6) is 1.81. The van der Waals surface area contributed by atoms with Crippen molar-refractivity contribution in [1.82, 2.24) is 19.9 Å². The number of hydrogen-bond donors (Lipinski definition) is 3. The predicted octanol–water partition coefficient (Wildman–Crippen LogP) is 4.52. The Morgan fingerprint density at radius 2 is 1.91 bits per heavy atom. The van der Waals surface area contributed by atoms with Crippen LogP contribution in [0.3, 0.4) is 0 Å². The SMILES string of the molecule is O=C(O)N1CCc2c(nc(Nc3ccc(-c4cnco4)cc3)nc2NCc2ccccc2)C1. The van der Waals surface area contributed by atoms with Gasteiger partial charge in [-0.05, 0) is 36.2 Å². The van der Waals surface area contributed by atoms with Crippen molar-refractivity contribution in [2.45, 2.75) is 19.5 Å². The van der Waals surface area contributed by atoms with E-state index in [4.69, 9.17) is 9.40 Å². The van der Waals surface area contributed by atoms with Crippen LogP contribution in [0.5, 0.6) is 0 Å². The molecule has 3 heterocycles. The van der Waals surface area contributed by atoms with Crippen LogP contribution in [0.1, 0.15) is 16.8 Å². The second-order valence-corrected chi connectivity index (χ2v) is 7.68. The minimum Gasteiger partial charge on any atom is -0.465 e. The summed E-state index contributed by atoms with van der Waals surface area (Å²) in [7, 11) is 0. The molecule has 3 N–H and O–H groups in total. The molecule has 0 aliphatic carbocycles. The van der Waals surface area contributed by atoms with Gasteiger partial charge in [-0.3, -0.25) is 0 Å². The van der Waals surface area contributed by atoms with Gasteiger partial charge in [0.2, 0.25) is 5.95 Å². The Morgan fingerprint density at radius 1 is 1.09 bits per heavy atom. The maximum atomic E-state index is 11.5. The van der Waals surface area contributed by atoms with E-state index in [1.54, 1.807) is 6.20 Å². The zero-order chi connectivity index (χ0) is 22.6. The number of rotatable bonds is 6. The summed E-state index contributed by atoms with van der Waals surface area (Å²) in [5.41, 5.74) is 4.50. The Kier molecular flexibility index (Phi) is 5.59. The summed E-state index contributed by atoms with van der Waals surface area (Å²) >= 11 is 0. The molecule has 9 nitrogen and oxygen atoms in total. The average Bonchev–Trinajstić information content (AvgIpc) is 3.38. The summed E-state index contributed by atoms with van der Waals surface area (Å²) in [4.78, 5) is 26.2. The number of nitrogens with one attached hydrogen (secondary N) is 2. The van der Waals surface area contributed by atoms with Crippen LogP contribution in [0.15, 0.2) is 71.6 Å². The van der Waals surface area contributed by atoms with Crippen LogP contribution in [-0.4, -0.2) is 37.6 Å². The number of aromatic nitrogens is 3. The molecule has 4 aromatic rings. The first-order valence-electron chi connectivity index (χ1n) is 10.6. The van der Waals surface area contributed by atoms with Crippen molar-refractivity contribution in [1.29, 1.82) is 0 Å². The van der Waals surface area contributed by atoms with Gasteiger partial charge in [0.05, 0.1) is 18.4 Å². The molecule has 9 heteroatoms. The number of carboxylic acid groups (broad SMARTS) is 1. The fourth-order valence-electron chi connectivity index (χ4n) is 3.78. The quantitative estimate of drug-likeness (QED) is 0.399. The molecule has 166 valence electrons. The molecule has 0 fully saturated rings. The van der Waals surface area contributed by atoms with E-state index in [-0.39, 0.29) is 6.54 Å². The highest BCUT2D eigenvalue weighted by atomic mass is 16.4. The first-order valence-corrected chi connectivity index (χ1v) is 10.6. The third-order valence-electron chi connectivity index (χ3n) is 5.50. The van der Waals surface area contributed by atoms with Crippen molar-refractivity contribution >= 4 is 23.5 Å². The first kappa shape index (κ1) is 20.5. The van der Waals surface area contributed by atoms with Gasteiger partial charge in [-0.25, -0.2) is 14.8 Å². The van der Waals surface area contributed by atoms with Gasteiger partial charge in [0.1, 0.15) is 5.82 Å². The van der Waals surface area contributed by atoms with Crippen LogP contribution in [-0.2, 0) is 19.5 Å². The molecular formula is C24H22N6O3. The van der Waals surface area contributed by atoms with E-state index in [0.717, 1.165) is 28.2 Å². The summed E-state index contributed by atoms with van der Waals surface area (Å²) in [6.07, 6.45) is 2.67. The van der Waals surface area contributed by atoms with E-state index in [1.807, 2.05) is 54.6 Å². The Hall–Kier alpha value is -4.40. The largest absolute Gasteiger partial charge is 0.465 e. The number of hydrogen-bond acceptors (Lipinski definition) is 7. The van der Waals surface area contributed by atoms with E-state index in [1.165, 1.54) is 11.3 Å². The second-order valence-electron chi connectivity index (χ2n) is 7.68. The number of fused-ring (bicyclic) bond motifs is 1. The molecule has 2 aromatic carbocycles. The Labute approximate surface area is 190 Å². The minimum absolute atomic E-state index is 0.228. The summed E-state index contributed by atoms with van der Waals surface area (Å²) in [5, 5.41) is 16.1. The van der Waals surface area contributed by atoms with Crippen LogP contribution in [0.25, 0.3) is 11.3 Å². The van der Waals surface area contributed by atoms with Crippen molar-refractivity contribution < 1.29 is 14.3 Å². The van der Waals surface area contributed by atoms with Crippen LogP contribution in [0, 0.1) is 0 Å². The molecule has 0 bridgehead atoms. The number of oxazole rings is 1. The fraction of sp³-hybridized carbons (Fsp3) is 0.167. The number of nitrogens with zero attached hydrogens (tertiary/aromatic N) is 4. The molecule has 1 amide bonds. The molecule has 1 aliphatic heterocycles. The fourth-order valence-corrected chi connectivity index (χ4v) is 3.78. The van der Waals surface area contributed by atoms with Gasteiger partial charge < -0.3 is 25.1 Å². The maximum Gasteiger partial charge on any atom is 0.407 e. The Balaban J connectivity index is 1.41. The Bertz CT molecular complexity index is 1240. The summed E-state index contributed by atoms with van der Waals surface area (Å²) in [6, 6.07) is 17.7. The van der Waals surface area contributed by atoms with Gasteiger partial charge in [-0.15, -0.1) is 0 Å². The lowest BCUT2D eigenvalue weighted by molar-refractivity contribution is 0.139. The Morgan fingerprint density at radius 3 is 2.64 bits per heavy atom. The number of carbonyl (C=O) groups is 1. The van der Waals surface area contributed by atoms with Crippen molar-refractivity contribution in [3.05, 3.63) is 84.0 Å². The molecule has 33 heavy (non-hydrogen) atoms. The smallest absolute Gasteiger partial charge is 0.407 e. The standard InChI is InChI=1S/C24H22N6O3/c31-24(32)30-11-10-19-20(14-30)28-23(29-22(19)26-12-16-4-2-1-3-5-16)27-18-8-6-17(7-9-18)21-13-25-15-33-21/h1-9,13,15H,10-12,14H2,(H,31,32)(H2,26,27,28,29). The number of amides is 1. The van der Waals surface area contributed by atoms with Gasteiger partial charge in [0.25, 0.3) is 0 Å². The van der Waals surface area contributed by atoms with Crippen LogP contribution >= 0.6 is 0 Å². The third kappa shape index (κ3) is 4.62. The molecule has 5 rings (SSSR count). The van der Waals surface area contributed by atoms with Crippen molar-refractivity contribution in [2.75, 3.05) is 17.2 Å². The maximum absolute atomic E-state index is 11.5. The van der Waals surface area contributed by atoms with Crippen molar-refractivity contribution in [3.63, 3.8) is 0 Å². The monoisotopic (exact) mass is 442 g/mol. The van der Waals surface area contributed by atoms with Gasteiger partial charge in [0.15, 0.2) is 12.2 Å². The zero-order valence-corrected chi connectivity index (χ0v) is 17.7.